The summed E-state index contributed by atoms with van der Waals surface area (Å²) >= 11 is 0. The first-order valence-electron chi connectivity index (χ1n) is 7.85. The summed E-state index contributed by atoms with van der Waals surface area (Å²) in [7, 11) is 1.86. The number of hydrazine groups is 1. The highest BCUT2D eigenvalue weighted by atomic mass is 16.2. The van der Waals surface area contributed by atoms with E-state index in [2.05, 4.69) is 20.3 Å². The summed E-state index contributed by atoms with van der Waals surface area (Å²) in [6.45, 7) is 1.54. The highest BCUT2D eigenvalue weighted by molar-refractivity contribution is 5.81. The van der Waals surface area contributed by atoms with Crippen LogP contribution >= 0.6 is 0 Å². The Morgan fingerprint density at radius 2 is 1.96 bits per heavy atom. The quantitative estimate of drug-likeness (QED) is 0.873. The molecule has 1 aromatic carbocycles. The molecule has 2 aromatic rings. The number of rotatable bonds is 4. The van der Waals surface area contributed by atoms with Crippen LogP contribution < -0.4 is 15.3 Å². The average Bonchev–Trinajstić information content (AvgIpc) is 2.63. The van der Waals surface area contributed by atoms with Gasteiger partial charge in [-0.15, -0.1) is 0 Å². The first kappa shape index (κ1) is 15.3. The van der Waals surface area contributed by atoms with Gasteiger partial charge in [-0.3, -0.25) is 15.2 Å². The van der Waals surface area contributed by atoms with Crippen molar-refractivity contribution in [3.05, 3.63) is 48.8 Å². The summed E-state index contributed by atoms with van der Waals surface area (Å²) in [5, 5.41) is 1.76. The van der Waals surface area contributed by atoms with E-state index in [0.29, 0.717) is 12.5 Å². The normalized spacial score (nSPS) is 17.6. The molecule has 1 N–H and O–H groups in total. The Morgan fingerprint density at radius 1 is 1.22 bits per heavy atom. The van der Waals surface area contributed by atoms with E-state index >= 15 is 0 Å². The predicted octanol–water partition coefficient (Wildman–Crippen LogP) is 1.86. The minimum atomic E-state index is -0.0567. The predicted molar refractivity (Wildman–Crippen MR) is 90.0 cm³/mol. The summed E-state index contributed by atoms with van der Waals surface area (Å²) in [6, 6.07) is 11.6. The SMILES string of the molecule is CN(NC(=O)C1CCCN(c2ncccn2)C1)c1ccccc1. The molecule has 3 rings (SSSR count). The Morgan fingerprint density at radius 3 is 2.70 bits per heavy atom. The third-order valence-corrected chi connectivity index (χ3v) is 4.05. The molecule has 0 bridgehead atoms. The van der Waals surface area contributed by atoms with Gasteiger partial charge in [0.05, 0.1) is 11.6 Å². The maximum absolute atomic E-state index is 12.5. The topological polar surface area (TPSA) is 61.4 Å². The number of aromatic nitrogens is 2. The van der Waals surface area contributed by atoms with Crippen LogP contribution in [0.5, 0.6) is 0 Å². The molecule has 0 spiro atoms. The van der Waals surface area contributed by atoms with Crippen LogP contribution in [-0.2, 0) is 4.79 Å². The molecule has 1 saturated heterocycles. The summed E-state index contributed by atoms with van der Waals surface area (Å²) < 4.78 is 0. The van der Waals surface area contributed by atoms with Crippen LogP contribution in [0, 0.1) is 5.92 Å². The molecule has 2 heterocycles. The second-order valence-corrected chi connectivity index (χ2v) is 5.70. The van der Waals surface area contributed by atoms with Crippen LogP contribution in [0.25, 0.3) is 0 Å². The lowest BCUT2D eigenvalue weighted by Gasteiger charge is -2.33. The standard InChI is InChI=1S/C17H21N5O/c1-21(15-8-3-2-4-9-15)20-16(23)14-7-5-12-22(13-14)17-18-10-6-11-19-17/h2-4,6,8-11,14H,5,7,12-13H2,1H3,(H,20,23). The van der Waals surface area contributed by atoms with Crippen LogP contribution in [-0.4, -0.2) is 36.0 Å². The van der Waals surface area contributed by atoms with Crippen molar-refractivity contribution in [1.29, 1.82) is 0 Å². The van der Waals surface area contributed by atoms with Gasteiger partial charge < -0.3 is 4.90 Å². The zero-order valence-corrected chi connectivity index (χ0v) is 13.2. The van der Waals surface area contributed by atoms with Gasteiger partial charge in [-0.25, -0.2) is 9.97 Å². The molecular formula is C17H21N5O. The summed E-state index contributed by atoms with van der Waals surface area (Å²) in [4.78, 5) is 23.2. The molecule has 1 aliphatic rings. The van der Waals surface area contributed by atoms with Crippen molar-refractivity contribution < 1.29 is 4.79 Å². The summed E-state index contributed by atoms with van der Waals surface area (Å²) in [5.41, 5.74) is 3.92. The van der Waals surface area contributed by atoms with E-state index in [1.165, 1.54) is 0 Å². The van der Waals surface area contributed by atoms with Gasteiger partial charge in [-0.1, -0.05) is 18.2 Å². The molecule has 1 aromatic heterocycles. The van der Waals surface area contributed by atoms with E-state index in [1.807, 2.05) is 37.4 Å². The lowest BCUT2D eigenvalue weighted by atomic mass is 9.97. The fraction of sp³-hybridized carbons (Fsp3) is 0.353. The molecule has 0 aliphatic carbocycles. The second-order valence-electron chi connectivity index (χ2n) is 5.70. The smallest absolute Gasteiger partial charge is 0.243 e. The molecule has 1 amide bonds. The number of hydrogen-bond acceptors (Lipinski definition) is 5. The average molecular weight is 311 g/mol. The van der Waals surface area contributed by atoms with Gasteiger partial charge in [-0.05, 0) is 31.0 Å². The fourth-order valence-corrected chi connectivity index (χ4v) is 2.80. The fourth-order valence-electron chi connectivity index (χ4n) is 2.80. The van der Waals surface area contributed by atoms with E-state index in [9.17, 15) is 4.79 Å². The number of nitrogens with one attached hydrogen (secondary N) is 1. The highest BCUT2D eigenvalue weighted by Gasteiger charge is 2.27. The molecule has 23 heavy (non-hydrogen) atoms. The van der Waals surface area contributed by atoms with Gasteiger partial charge in [0.1, 0.15) is 0 Å². The van der Waals surface area contributed by atoms with E-state index in [1.54, 1.807) is 23.5 Å². The van der Waals surface area contributed by atoms with Gasteiger partial charge in [-0.2, -0.15) is 0 Å². The number of carbonyl (C=O) groups excluding carboxylic acids is 1. The number of anilines is 2. The third-order valence-electron chi connectivity index (χ3n) is 4.05. The van der Waals surface area contributed by atoms with E-state index in [0.717, 1.165) is 25.1 Å². The number of piperidine rings is 1. The lowest BCUT2D eigenvalue weighted by Crippen LogP contribution is -2.48. The number of nitrogens with zero attached hydrogens (tertiary/aromatic N) is 4. The van der Waals surface area contributed by atoms with Crippen molar-refractivity contribution in [3.8, 4) is 0 Å². The van der Waals surface area contributed by atoms with Crippen molar-refractivity contribution in [2.45, 2.75) is 12.8 Å². The Kier molecular flexibility index (Phi) is 4.71. The van der Waals surface area contributed by atoms with E-state index in [-0.39, 0.29) is 11.8 Å². The van der Waals surface area contributed by atoms with Gasteiger partial charge in [0, 0.05) is 32.5 Å². The molecule has 0 radical (unpaired) electrons. The van der Waals surface area contributed by atoms with Crippen LogP contribution in [0.1, 0.15) is 12.8 Å². The largest absolute Gasteiger partial charge is 0.340 e. The Bertz CT molecular complexity index is 634. The summed E-state index contributed by atoms with van der Waals surface area (Å²) in [5.74, 6) is 0.678. The maximum Gasteiger partial charge on any atom is 0.243 e. The molecule has 0 saturated carbocycles. The van der Waals surface area contributed by atoms with Crippen molar-refractivity contribution in [1.82, 2.24) is 15.4 Å². The van der Waals surface area contributed by atoms with Crippen molar-refractivity contribution in [2.75, 3.05) is 30.0 Å². The first-order chi connectivity index (χ1) is 11.2. The van der Waals surface area contributed by atoms with Crippen LogP contribution in [0.4, 0.5) is 11.6 Å². The second kappa shape index (κ2) is 7.09. The Hall–Kier alpha value is -2.63. The van der Waals surface area contributed by atoms with Crippen molar-refractivity contribution in [3.63, 3.8) is 0 Å². The molecule has 1 atom stereocenters. The minimum Gasteiger partial charge on any atom is -0.340 e. The first-order valence-corrected chi connectivity index (χ1v) is 7.85. The van der Waals surface area contributed by atoms with Crippen LogP contribution in [0.15, 0.2) is 48.8 Å². The van der Waals surface area contributed by atoms with Gasteiger partial charge in [0.2, 0.25) is 11.9 Å². The minimum absolute atomic E-state index is 0.0389. The summed E-state index contributed by atoms with van der Waals surface area (Å²) in [6.07, 6.45) is 5.31. The molecule has 120 valence electrons. The monoisotopic (exact) mass is 311 g/mol. The number of amides is 1. The van der Waals surface area contributed by atoms with Gasteiger partial charge in [0.15, 0.2) is 0 Å². The molecule has 6 nitrogen and oxygen atoms in total. The van der Waals surface area contributed by atoms with Gasteiger partial charge >= 0.3 is 0 Å². The third kappa shape index (κ3) is 3.77. The molecule has 1 fully saturated rings. The molecule has 1 unspecified atom stereocenters. The molecule has 1 aliphatic heterocycles. The zero-order valence-electron chi connectivity index (χ0n) is 13.2. The van der Waals surface area contributed by atoms with Crippen LogP contribution in [0.2, 0.25) is 0 Å². The Balaban J connectivity index is 1.61. The lowest BCUT2D eigenvalue weighted by molar-refractivity contribution is -0.125. The number of carbonyl (C=O) groups is 1. The van der Waals surface area contributed by atoms with E-state index in [4.69, 9.17) is 0 Å². The van der Waals surface area contributed by atoms with Gasteiger partial charge in [0.25, 0.3) is 0 Å². The van der Waals surface area contributed by atoms with Crippen molar-refractivity contribution >= 4 is 17.5 Å². The number of hydrogen-bond donors (Lipinski definition) is 1. The number of benzene rings is 1. The Labute approximate surface area is 136 Å². The van der Waals surface area contributed by atoms with E-state index < -0.39 is 0 Å². The maximum atomic E-state index is 12.5. The molecular weight excluding hydrogens is 290 g/mol. The van der Waals surface area contributed by atoms with Crippen molar-refractivity contribution in [2.24, 2.45) is 5.92 Å². The number of para-hydroxylation sites is 1. The highest BCUT2D eigenvalue weighted by Crippen LogP contribution is 2.20. The molecule has 6 heteroatoms. The zero-order chi connectivity index (χ0) is 16.1. The van der Waals surface area contributed by atoms with Crippen LogP contribution in [0.3, 0.4) is 0 Å².